The summed E-state index contributed by atoms with van der Waals surface area (Å²) in [5, 5.41) is 9.08. The number of aliphatic carboxylic acids is 1. The summed E-state index contributed by atoms with van der Waals surface area (Å²) in [5.74, 6) is -0.969. The molecule has 0 amide bonds. The number of hydrogen-bond donors (Lipinski definition) is 2. The fraction of sp³-hybridized carbons (Fsp3) is 0.500. The topological polar surface area (TPSA) is 55.8 Å². The minimum Gasteiger partial charge on any atom is -0.487 e. The van der Waals surface area contributed by atoms with Crippen LogP contribution in [0.4, 0.5) is 0 Å². The highest BCUT2D eigenvalue weighted by atomic mass is 32.1. The number of ether oxygens (including phenoxy) is 2. The highest BCUT2D eigenvalue weighted by Gasteiger charge is 2.43. The van der Waals surface area contributed by atoms with Crippen LogP contribution in [0.1, 0.15) is 13.3 Å². The molecular formula is C10H12O4S. The van der Waals surface area contributed by atoms with Crippen molar-refractivity contribution >= 4 is 18.6 Å². The van der Waals surface area contributed by atoms with Crippen molar-refractivity contribution in [2.45, 2.75) is 18.9 Å². The summed E-state index contributed by atoms with van der Waals surface area (Å²) < 4.78 is 10.8. The monoisotopic (exact) mass is 228 g/mol. The van der Waals surface area contributed by atoms with Crippen LogP contribution >= 0.6 is 12.6 Å². The summed E-state index contributed by atoms with van der Waals surface area (Å²) in [6, 6.07) is 0. The third-order valence-corrected chi connectivity index (χ3v) is 3.35. The summed E-state index contributed by atoms with van der Waals surface area (Å²) in [4.78, 5) is 11.5. The van der Waals surface area contributed by atoms with Gasteiger partial charge in [-0.15, -0.1) is 12.6 Å². The first-order valence-electron chi connectivity index (χ1n) is 4.66. The Morgan fingerprint density at radius 2 is 2.40 bits per heavy atom. The van der Waals surface area contributed by atoms with Crippen LogP contribution in [0.5, 0.6) is 0 Å². The summed E-state index contributed by atoms with van der Waals surface area (Å²) in [6.07, 6.45) is 2.13. The number of carbonyl (C=O) groups is 1. The summed E-state index contributed by atoms with van der Waals surface area (Å²) in [5.41, 5.74) is 0.149. The molecule has 0 aliphatic carbocycles. The largest absolute Gasteiger partial charge is 0.487 e. The lowest BCUT2D eigenvalue weighted by Gasteiger charge is -2.32. The molecule has 2 aliphatic heterocycles. The molecule has 1 atom stereocenters. The number of rotatable bonds is 1. The Labute approximate surface area is 93.0 Å². The van der Waals surface area contributed by atoms with Crippen molar-refractivity contribution in [1.82, 2.24) is 0 Å². The highest BCUT2D eigenvalue weighted by Crippen LogP contribution is 2.40. The van der Waals surface area contributed by atoms with E-state index in [-0.39, 0.29) is 5.57 Å². The second-order valence-electron chi connectivity index (χ2n) is 3.74. The Morgan fingerprint density at radius 1 is 1.67 bits per heavy atom. The van der Waals surface area contributed by atoms with Gasteiger partial charge in [0.2, 0.25) is 0 Å². The normalized spacial score (nSPS) is 30.4. The number of hydrogen-bond acceptors (Lipinski definition) is 4. The van der Waals surface area contributed by atoms with E-state index in [0.29, 0.717) is 30.1 Å². The maximum absolute atomic E-state index is 11.1. The van der Waals surface area contributed by atoms with E-state index in [0.717, 1.165) is 0 Å². The molecule has 82 valence electrons. The molecule has 0 radical (unpaired) electrons. The fourth-order valence-corrected chi connectivity index (χ4v) is 2.33. The number of carboxylic acid groups (broad SMARTS) is 1. The molecule has 5 heteroatoms. The van der Waals surface area contributed by atoms with Crippen LogP contribution in [-0.2, 0) is 14.3 Å². The van der Waals surface area contributed by atoms with Crippen LogP contribution in [0.2, 0.25) is 0 Å². The van der Waals surface area contributed by atoms with Crippen molar-refractivity contribution in [3.8, 4) is 0 Å². The second kappa shape index (κ2) is 3.57. The number of carboxylic acids is 1. The molecule has 1 saturated heterocycles. The molecule has 1 spiro atoms. The van der Waals surface area contributed by atoms with Gasteiger partial charge < -0.3 is 14.6 Å². The molecule has 0 bridgehead atoms. The van der Waals surface area contributed by atoms with Gasteiger partial charge in [-0.2, -0.15) is 0 Å². The molecule has 0 aromatic heterocycles. The Bertz CT molecular complexity index is 364. The van der Waals surface area contributed by atoms with Gasteiger partial charge in [0.1, 0.15) is 0 Å². The van der Waals surface area contributed by atoms with E-state index in [2.05, 4.69) is 12.6 Å². The lowest BCUT2D eigenvalue weighted by atomic mass is 9.93. The fourth-order valence-electron chi connectivity index (χ4n) is 1.83. The van der Waals surface area contributed by atoms with Gasteiger partial charge in [-0.3, -0.25) is 0 Å². The average Bonchev–Trinajstić information content (AvgIpc) is 2.62. The summed E-state index contributed by atoms with van der Waals surface area (Å²) in [6.45, 7) is 2.64. The van der Waals surface area contributed by atoms with Gasteiger partial charge in [0, 0.05) is 11.3 Å². The first-order valence-corrected chi connectivity index (χ1v) is 5.11. The zero-order chi connectivity index (χ0) is 11.1. The molecule has 2 heterocycles. The first-order chi connectivity index (χ1) is 7.07. The minimum absolute atomic E-state index is 0.232. The van der Waals surface area contributed by atoms with E-state index < -0.39 is 11.6 Å². The number of thiol groups is 1. The zero-order valence-corrected chi connectivity index (χ0v) is 9.21. The molecule has 1 unspecified atom stereocenters. The Hall–Kier alpha value is -0.940. The van der Waals surface area contributed by atoms with Gasteiger partial charge in [-0.1, -0.05) is 0 Å². The van der Waals surface area contributed by atoms with Crippen molar-refractivity contribution in [3.63, 3.8) is 0 Å². The highest BCUT2D eigenvalue weighted by molar-refractivity contribution is 7.84. The van der Waals surface area contributed by atoms with E-state index in [1.165, 1.54) is 6.26 Å². The van der Waals surface area contributed by atoms with E-state index in [1.807, 2.05) is 0 Å². The maximum Gasteiger partial charge on any atom is 0.337 e. The van der Waals surface area contributed by atoms with Gasteiger partial charge in [-0.25, -0.2) is 4.79 Å². The molecule has 2 rings (SSSR count). The maximum atomic E-state index is 11.1. The molecule has 0 aromatic carbocycles. The van der Waals surface area contributed by atoms with Crippen LogP contribution in [0.25, 0.3) is 0 Å². The van der Waals surface area contributed by atoms with Gasteiger partial charge in [-0.05, 0) is 12.5 Å². The van der Waals surface area contributed by atoms with Crippen molar-refractivity contribution in [2.24, 2.45) is 0 Å². The second-order valence-corrected chi connectivity index (χ2v) is 4.19. The molecular weight excluding hydrogens is 216 g/mol. The smallest absolute Gasteiger partial charge is 0.337 e. The van der Waals surface area contributed by atoms with Crippen molar-refractivity contribution in [2.75, 3.05) is 13.2 Å². The van der Waals surface area contributed by atoms with Gasteiger partial charge in [0.15, 0.2) is 5.60 Å². The van der Waals surface area contributed by atoms with Crippen molar-refractivity contribution < 1.29 is 19.4 Å². The third-order valence-electron chi connectivity index (χ3n) is 2.72. The Morgan fingerprint density at radius 3 is 2.93 bits per heavy atom. The van der Waals surface area contributed by atoms with Gasteiger partial charge in [0.05, 0.1) is 25.0 Å². The molecule has 0 saturated carbocycles. The molecule has 0 aromatic rings. The van der Waals surface area contributed by atoms with Crippen LogP contribution in [0.3, 0.4) is 0 Å². The van der Waals surface area contributed by atoms with E-state index in [4.69, 9.17) is 14.6 Å². The van der Waals surface area contributed by atoms with E-state index in [9.17, 15) is 4.79 Å². The first kappa shape index (κ1) is 10.6. The van der Waals surface area contributed by atoms with Crippen LogP contribution in [0, 0.1) is 0 Å². The Balaban J connectivity index is 2.46. The van der Waals surface area contributed by atoms with Gasteiger partial charge in [0.25, 0.3) is 0 Å². The summed E-state index contributed by atoms with van der Waals surface area (Å²) in [7, 11) is 0. The minimum atomic E-state index is -0.969. The quantitative estimate of drug-likeness (QED) is 0.665. The lowest BCUT2D eigenvalue weighted by molar-refractivity contribution is -0.132. The Kier molecular flexibility index (Phi) is 2.52. The van der Waals surface area contributed by atoms with Crippen LogP contribution in [-0.4, -0.2) is 29.9 Å². The van der Waals surface area contributed by atoms with Crippen LogP contribution in [0.15, 0.2) is 22.3 Å². The summed E-state index contributed by atoms with van der Waals surface area (Å²) >= 11 is 4.29. The third kappa shape index (κ3) is 1.55. The standard InChI is InChI=1S/C10H12O4S/c1-6-4-14-10(2-3-13-5-10)8(15)7(6)9(11)12/h4,15H,2-3,5H2,1H3,(H,11,12). The molecule has 1 fully saturated rings. The van der Waals surface area contributed by atoms with E-state index >= 15 is 0 Å². The van der Waals surface area contributed by atoms with Crippen molar-refractivity contribution in [3.05, 3.63) is 22.3 Å². The van der Waals surface area contributed by atoms with Gasteiger partial charge >= 0.3 is 5.97 Å². The van der Waals surface area contributed by atoms with Crippen LogP contribution < -0.4 is 0 Å². The molecule has 4 nitrogen and oxygen atoms in total. The predicted molar refractivity (Wildman–Crippen MR) is 56.7 cm³/mol. The molecule has 15 heavy (non-hydrogen) atoms. The molecule has 2 aliphatic rings. The molecule has 1 N–H and O–H groups in total. The SMILES string of the molecule is CC1=COC2(CCOC2)C(S)=C1C(=O)O. The van der Waals surface area contributed by atoms with E-state index in [1.54, 1.807) is 6.92 Å². The van der Waals surface area contributed by atoms with Crippen molar-refractivity contribution in [1.29, 1.82) is 0 Å². The zero-order valence-electron chi connectivity index (χ0n) is 8.32. The lowest BCUT2D eigenvalue weighted by Crippen LogP contribution is -2.36. The average molecular weight is 228 g/mol. The predicted octanol–water partition coefficient (Wildman–Crippen LogP) is 1.35.